The minimum Gasteiger partial charge on any atom is -0.505 e. The molecule has 2 heterocycles. The van der Waals surface area contributed by atoms with Crippen molar-refractivity contribution < 1.29 is 29.4 Å². The molecule has 14 nitrogen and oxygen atoms in total. The minimum absolute atomic E-state index is 0.0108. The molecule has 2 aromatic heterocycles. The van der Waals surface area contributed by atoms with E-state index < -0.39 is 5.91 Å². The number of anilines is 2. The second kappa shape index (κ2) is 17.8. The molecule has 1 aliphatic carbocycles. The lowest BCUT2D eigenvalue weighted by atomic mass is 10.00. The van der Waals surface area contributed by atoms with Gasteiger partial charge in [0.1, 0.15) is 29.5 Å². The highest BCUT2D eigenvalue weighted by Gasteiger charge is 2.28. The highest BCUT2D eigenvalue weighted by Crippen LogP contribution is 2.47. The number of nitrogens with one attached hydrogen (secondary N) is 4. The van der Waals surface area contributed by atoms with Crippen LogP contribution in [0.25, 0.3) is 76.3 Å². The molecule has 0 saturated heterocycles. The van der Waals surface area contributed by atoms with Crippen LogP contribution in [0.2, 0.25) is 0 Å². The first-order valence-electron chi connectivity index (χ1n) is 24.1. The van der Waals surface area contributed by atoms with Gasteiger partial charge in [0.25, 0.3) is 5.91 Å². The fourth-order valence-corrected chi connectivity index (χ4v) is 10.3. The van der Waals surface area contributed by atoms with Crippen LogP contribution in [-0.2, 0) is 11.4 Å². The number of phenols is 2. The normalized spacial score (nSPS) is 12.3. The van der Waals surface area contributed by atoms with Gasteiger partial charge in [-0.15, -0.1) is 10.2 Å². The summed E-state index contributed by atoms with van der Waals surface area (Å²) in [6, 6.07) is 52.6. The zero-order valence-corrected chi connectivity index (χ0v) is 40.2. The summed E-state index contributed by atoms with van der Waals surface area (Å²) >= 11 is 0. The molecule has 6 N–H and O–H groups in total. The number of ether oxygens (including phenoxy) is 1. The number of benzene rings is 10. The van der Waals surface area contributed by atoms with Crippen molar-refractivity contribution in [2.75, 3.05) is 17.9 Å². The molecule has 1 aliphatic rings. The van der Waals surface area contributed by atoms with Crippen molar-refractivity contribution in [3.8, 4) is 28.4 Å². The number of phenolic OH excluding ortho intramolecular Hbond substituents is 2. The molecule has 10 aromatic carbocycles. The number of azo groups is 2. The van der Waals surface area contributed by atoms with E-state index in [2.05, 4.69) is 36.1 Å². The number of H-pyrrole nitrogens is 2. The van der Waals surface area contributed by atoms with Gasteiger partial charge < -0.3 is 30.2 Å². The fraction of sp³-hybridized carbons (Fsp3) is 0.0492. The Kier molecular flexibility index (Phi) is 10.6. The Labute approximate surface area is 426 Å². The lowest BCUT2D eigenvalue weighted by Crippen LogP contribution is -2.13. The maximum absolute atomic E-state index is 14.3. The summed E-state index contributed by atoms with van der Waals surface area (Å²) in [5.41, 5.74) is 12.3. The van der Waals surface area contributed by atoms with Crippen molar-refractivity contribution in [3.63, 3.8) is 0 Å². The summed E-state index contributed by atoms with van der Waals surface area (Å²) in [5.74, 6) is -0.544. The molecule has 13 rings (SSSR count). The first kappa shape index (κ1) is 44.7. The Morgan fingerprint density at radius 3 is 1.79 bits per heavy atom. The molecule has 0 radical (unpaired) electrons. The molecule has 14 heteroatoms. The molecule has 0 unspecified atom stereocenters. The smallest absolute Gasteiger partial charge is 0.259 e. The van der Waals surface area contributed by atoms with Crippen molar-refractivity contribution in [1.29, 1.82) is 0 Å². The Hall–Kier alpha value is -10.2. The first-order chi connectivity index (χ1) is 36.7. The predicted molar refractivity (Wildman–Crippen MR) is 294 cm³/mol. The third-order valence-corrected chi connectivity index (χ3v) is 14.0. The van der Waals surface area contributed by atoms with Gasteiger partial charge in [0.2, 0.25) is 0 Å². The Morgan fingerprint density at radius 1 is 0.573 bits per heavy atom. The molecule has 0 atom stereocenters. The number of aromatic amines is 2. The third kappa shape index (κ3) is 7.63. The van der Waals surface area contributed by atoms with E-state index in [0.29, 0.717) is 72.5 Å². The number of aryl methyl sites for hydroxylation is 1. The number of amides is 1. The number of carbonyl (C=O) groups is 2. The number of aromatic hydroxyl groups is 2. The van der Waals surface area contributed by atoms with E-state index in [9.17, 15) is 19.8 Å². The van der Waals surface area contributed by atoms with Crippen LogP contribution in [0, 0.1) is 6.92 Å². The van der Waals surface area contributed by atoms with Crippen molar-refractivity contribution in [2.45, 2.75) is 13.5 Å². The SMILES string of the molecule is COc1cccc(NOCc2cc3ccc4c5ccccc5[nH]c4c3c(N=Nc3ccc4c(c3)C(=O)c3cc(N=Nc5c(O)c(C(=O)Nc6ccccc6C)cc6ccc7c8ccccc8[nH]c7c56)ccc3-4)c2O)c1. The summed E-state index contributed by atoms with van der Waals surface area (Å²) in [6.45, 7) is 1.88. The minimum atomic E-state index is -0.509. The van der Waals surface area contributed by atoms with Crippen LogP contribution in [0.4, 0.5) is 34.1 Å². The third-order valence-electron chi connectivity index (χ3n) is 14.0. The molecule has 0 fully saturated rings. The number of para-hydroxylation sites is 3. The van der Waals surface area contributed by atoms with Crippen LogP contribution in [0.3, 0.4) is 0 Å². The number of hydrogen-bond donors (Lipinski definition) is 6. The maximum Gasteiger partial charge on any atom is 0.259 e. The summed E-state index contributed by atoms with van der Waals surface area (Å²) in [6.07, 6.45) is 0. The van der Waals surface area contributed by atoms with E-state index in [1.54, 1.807) is 49.6 Å². The van der Waals surface area contributed by atoms with Gasteiger partial charge in [-0.25, -0.2) is 0 Å². The molecule has 0 bridgehead atoms. The van der Waals surface area contributed by atoms with E-state index in [1.807, 2.05) is 134 Å². The van der Waals surface area contributed by atoms with Crippen LogP contribution in [-0.4, -0.2) is 39.0 Å². The summed E-state index contributed by atoms with van der Waals surface area (Å²) in [4.78, 5) is 41.2. The van der Waals surface area contributed by atoms with Gasteiger partial charge in [0, 0.05) is 71.8 Å². The Balaban J connectivity index is 0.841. The molecule has 0 saturated carbocycles. The predicted octanol–water partition coefficient (Wildman–Crippen LogP) is 15.8. The van der Waals surface area contributed by atoms with Gasteiger partial charge >= 0.3 is 0 Å². The van der Waals surface area contributed by atoms with E-state index >= 15 is 0 Å². The largest absolute Gasteiger partial charge is 0.505 e. The highest BCUT2D eigenvalue weighted by molar-refractivity contribution is 6.24. The summed E-state index contributed by atoms with van der Waals surface area (Å²) < 4.78 is 5.35. The van der Waals surface area contributed by atoms with Crippen molar-refractivity contribution >= 4 is 111 Å². The monoisotopic (exact) mass is 982 g/mol. The van der Waals surface area contributed by atoms with Gasteiger partial charge in [0.05, 0.1) is 40.8 Å². The molecular formula is C61H42N8O6. The molecule has 362 valence electrons. The zero-order chi connectivity index (χ0) is 50.9. The Bertz CT molecular complexity index is 4460. The van der Waals surface area contributed by atoms with Crippen molar-refractivity contribution in [3.05, 3.63) is 198 Å². The number of rotatable bonds is 11. The van der Waals surface area contributed by atoms with Crippen molar-refractivity contribution in [1.82, 2.24) is 9.97 Å². The van der Waals surface area contributed by atoms with Gasteiger partial charge in [-0.3, -0.25) is 19.9 Å². The van der Waals surface area contributed by atoms with Gasteiger partial charge in [0.15, 0.2) is 11.5 Å². The number of aromatic nitrogens is 2. The number of nitrogens with zero attached hydrogens (tertiary/aromatic N) is 4. The average Bonchev–Trinajstić information content (AvgIpc) is 4.16. The fourth-order valence-electron chi connectivity index (χ4n) is 10.3. The second-order valence-corrected chi connectivity index (χ2v) is 18.4. The van der Waals surface area contributed by atoms with E-state index in [-0.39, 0.29) is 40.8 Å². The van der Waals surface area contributed by atoms with E-state index in [1.165, 1.54) is 0 Å². The number of methoxy groups -OCH3 is 1. The van der Waals surface area contributed by atoms with Gasteiger partial charge in [-0.2, -0.15) is 10.2 Å². The molecule has 0 spiro atoms. The molecule has 1 amide bonds. The summed E-state index contributed by atoms with van der Waals surface area (Å²) in [7, 11) is 1.59. The summed E-state index contributed by atoms with van der Waals surface area (Å²) in [5, 5.41) is 52.2. The van der Waals surface area contributed by atoms with Crippen molar-refractivity contribution in [2.24, 2.45) is 20.5 Å². The van der Waals surface area contributed by atoms with Crippen LogP contribution in [0.5, 0.6) is 17.2 Å². The lowest BCUT2D eigenvalue weighted by Gasteiger charge is -2.13. The standard InChI is InChI=1S/C61H42N8O6/c1-32-10-3-6-15-49(32)64-61(73)48-27-34-19-23-45-43-14-5-8-17-51(43)63-55(45)53(34)57(60(48)72)68-66-37-21-25-41-40-24-20-36(29-46(40)59(71)47(41)30-37)65-67-56-52-33(18-22-44-42-13-4-7-16-50(42)62-54(44)52)26-35(58(56)70)31-75-69-38-11-9-12-39(28-38)74-2/h3-30,62-63,69-70,72H,31H2,1-2H3,(H,64,73). The number of carbonyl (C=O) groups excluding carboxylic acids is 2. The lowest BCUT2D eigenvalue weighted by molar-refractivity contribution is 0.102. The zero-order valence-electron chi connectivity index (χ0n) is 40.2. The molecule has 12 aromatic rings. The van der Waals surface area contributed by atoms with Crippen LogP contribution >= 0.6 is 0 Å². The number of hydrogen-bond acceptors (Lipinski definition) is 11. The topological polar surface area (TPSA) is 198 Å². The van der Waals surface area contributed by atoms with Crippen LogP contribution in [0.1, 0.15) is 37.4 Å². The van der Waals surface area contributed by atoms with E-state index in [4.69, 9.17) is 14.7 Å². The van der Waals surface area contributed by atoms with E-state index in [0.717, 1.165) is 54.6 Å². The van der Waals surface area contributed by atoms with Gasteiger partial charge in [-0.1, -0.05) is 97.1 Å². The Morgan fingerprint density at radius 2 is 1.16 bits per heavy atom. The quantitative estimate of drug-likeness (QED) is 0.0547. The highest BCUT2D eigenvalue weighted by atomic mass is 16.6. The second-order valence-electron chi connectivity index (χ2n) is 18.4. The van der Waals surface area contributed by atoms with Gasteiger partial charge in [-0.05, 0) is 101 Å². The maximum atomic E-state index is 14.3. The first-order valence-corrected chi connectivity index (χ1v) is 24.1. The molecule has 0 aliphatic heterocycles. The molecule has 75 heavy (non-hydrogen) atoms. The van der Waals surface area contributed by atoms with Crippen LogP contribution < -0.4 is 15.5 Å². The van der Waals surface area contributed by atoms with Crippen LogP contribution in [0.15, 0.2) is 190 Å². The average molecular weight is 983 g/mol. The number of fused-ring (bicyclic) bond motifs is 13. The number of ketones is 1. The molecular weight excluding hydrogens is 941 g/mol.